The summed E-state index contributed by atoms with van der Waals surface area (Å²) in [6.45, 7) is 4.27. The molecular weight excluding hydrogens is 290 g/mol. The molecule has 2 heterocycles. The zero-order valence-corrected chi connectivity index (χ0v) is 13.1. The molecule has 5 heteroatoms. The summed E-state index contributed by atoms with van der Waals surface area (Å²) in [7, 11) is 0. The second-order valence-corrected chi connectivity index (χ2v) is 5.89. The average molecular weight is 307 g/mol. The van der Waals surface area contributed by atoms with E-state index in [1.54, 1.807) is 0 Å². The molecule has 0 amide bonds. The first-order chi connectivity index (χ1) is 11.1. The number of hydrogen-bond donors (Lipinski definition) is 1. The van der Waals surface area contributed by atoms with Crippen LogP contribution in [0.2, 0.25) is 0 Å². The molecule has 1 aliphatic heterocycles. The lowest BCUT2D eigenvalue weighted by Crippen LogP contribution is -2.14. The van der Waals surface area contributed by atoms with Crippen LogP contribution in [-0.4, -0.2) is 10.1 Å². The summed E-state index contributed by atoms with van der Waals surface area (Å²) in [4.78, 5) is 16.1. The summed E-state index contributed by atoms with van der Waals surface area (Å²) in [6.07, 6.45) is 1.91. The van der Waals surface area contributed by atoms with Crippen molar-refractivity contribution in [3.8, 4) is 0 Å². The van der Waals surface area contributed by atoms with Crippen LogP contribution in [0.4, 0.5) is 17.3 Å². The van der Waals surface area contributed by atoms with Crippen LogP contribution in [-0.2, 0) is 12.8 Å². The maximum absolute atomic E-state index is 11.5. The number of H-pyrrole nitrogens is 1. The molecule has 5 nitrogen and oxygen atoms in total. The van der Waals surface area contributed by atoms with E-state index in [0.717, 1.165) is 24.2 Å². The van der Waals surface area contributed by atoms with Crippen LogP contribution >= 0.6 is 0 Å². The Balaban J connectivity index is 2.02. The van der Waals surface area contributed by atoms with Gasteiger partial charge in [0, 0.05) is 0 Å². The Hall–Kier alpha value is -2.82. The molecule has 0 fully saturated rings. The molecule has 1 aromatic heterocycles. The van der Waals surface area contributed by atoms with Crippen molar-refractivity contribution in [3.63, 3.8) is 0 Å². The minimum absolute atomic E-state index is 0.411. The number of para-hydroxylation sites is 1. The molecule has 0 spiro atoms. The van der Waals surface area contributed by atoms with Gasteiger partial charge in [-0.3, -0.25) is 14.4 Å². The highest BCUT2D eigenvalue weighted by Gasteiger charge is 2.25. The lowest BCUT2D eigenvalue weighted by atomic mass is 9.97. The topological polar surface area (TPSA) is 62.1 Å². The highest BCUT2D eigenvalue weighted by atomic mass is 16.5. The van der Waals surface area contributed by atoms with E-state index in [4.69, 9.17) is 4.52 Å². The quantitative estimate of drug-likeness (QED) is 0.747. The number of anilines is 3. The number of fused-ring (bicyclic) bond motifs is 2. The third-order valence-corrected chi connectivity index (χ3v) is 4.60. The van der Waals surface area contributed by atoms with Crippen LogP contribution in [0.25, 0.3) is 0 Å². The molecule has 0 aliphatic carbocycles. The maximum atomic E-state index is 11.5. The summed E-state index contributed by atoms with van der Waals surface area (Å²) >= 11 is 0. The molecule has 2 aromatic carbocycles. The Morgan fingerprint density at radius 2 is 1.91 bits per heavy atom. The Bertz CT molecular complexity index is 939. The predicted octanol–water partition coefficient (Wildman–Crippen LogP) is 3.55. The van der Waals surface area contributed by atoms with Crippen molar-refractivity contribution < 1.29 is 4.52 Å². The molecule has 0 unspecified atom stereocenters. The van der Waals surface area contributed by atoms with Gasteiger partial charge in [0.1, 0.15) is 0 Å². The number of benzene rings is 2. The van der Waals surface area contributed by atoms with E-state index < -0.39 is 5.76 Å². The molecule has 0 atom stereocenters. The van der Waals surface area contributed by atoms with Crippen LogP contribution in [0.1, 0.15) is 22.3 Å². The first-order valence-electron chi connectivity index (χ1n) is 7.68. The largest absolute Gasteiger partial charge is 0.440 e. The van der Waals surface area contributed by atoms with E-state index in [1.807, 2.05) is 23.1 Å². The Morgan fingerprint density at radius 1 is 1.09 bits per heavy atom. The fraction of sp³-hybridized carbons (Fsp3) is 0.222. The van der Waals surface area contributed by atoms with E-state index in [-0.39, 0.29) is 0 Å². The molecule has 4 rings (SSSR count). The van der Waals surface area contributed by atoms with Crippen LogP contribution in [0.5, 0.6) is 0 Å². The number of rotatable bonds is 1. The lowest BCUT2D eigenvalue weighted by Gasteiger charge is -2.24. The van der Waals surface area contributed by atoms with Crippen molar-refractivity contribution in [2.24, 2.45) is 0 Å². The van der Waals surface area contributed by atoms with E-state index in [1.165, 1.54) is 22.3 Å². The molecule has 116 valence electrons. The summed E-state index contributed by atoms with van der Waals surface area (Å²) in [6, 6.07) is 12.4. The molecule has 1 aliphatic rings. The van der Waals surface area contributed by atoms with Gasteiger partial charge in [0.25, 0.3) is 5.95 Å². The molecule has 0 bridgehead atoms. The third kappa shape index (κ3) is 2.16. The first kappa shape index (κ1) is 13.8. The molecule has 1 N–H and O–H groups in total. The van der Waals surface area contributed by atoms with Crippen molar-refractivity contribution in [2.75, 3.05) is 4.90 Å². The van der Waals surface area contributed by atoms with Gasteiger partial charge in [0.05, 0.1) is 11.4 Å². The summed E-state index contributed by atoms with van der Waals surface area (Å²) in [5, 5.41) is 3.91. The van der Waals surface area contributed by atoms with Gasteiger partial charge in [-0.1, -0.05) is 24.3 Å². The van der Waals surface area contributed by atoms with Gasteiger partial charge in [-0.05, 0) is 66.2 Å². The highest BCUT2D eigenvalue weighted by Crippen LogP contribution is 2.41. The average Bonchev–Trinajstić information content (AvgIpc) is 2.90. The third-order valence-electron chi connectivity index (χ3n) is 4.60. The van der Waals surface area contributed by atoms with Gasteiger partial charge < -0.3 is 0 Å². The smallest absolute Gasteiger partial charge is 0.294 e. The lowest BCUT2D eigenvalue weighted by molar-refractivity contribution is 0.387. The Kier molecular flexibility index (Phi) is 3.08. The van der Waals surface area contributed by atoms with Gasteiger partial charge in [-0.15, -0.1) is 0 Å². The minimum atomic E-state index is -0.549. The normalized spacial score (nSPS) is 13.4. The van der Waals surface area contributed by atoms with Gasteiger partial charge in [-0.2, -0.15) is 0 Å². The fourth-order valence-electron chi connectivity index (χ4n) is 3.26. The number of nitrogens with one attached hydrogen (secondary N) is 1. The molecule has 0 saturated carbocycles. The van der Waals surface area contributed by atoms with Crippen LogP contribution < -0.4 is 10.7 Å². The van der Waals surface area contributed by atoms with Crippen molar-refractivity contribution in [1.29, 1.82) is 0 Å². The predicted molar refractivity (Wildman–Crippen MR) is 88.7 cm³/mol. The highest BCUT2D eigenvalue weighted by molar-refractivity contribution is 5.79. The standard InChI is InChI=1S/C18H17N3O2/c1-11-7-10-16-14(12(11)2)9-8-13-5-3-4-6-15(13)21(16)17-19-18(22)23-20-17/h3-7,10H,8-9H2,1-2H3,(H,19,20,22). The van der Waals surface area contributed by atoms with Crippen molar-refractivity contribution in [3.05, 3.63) is 69.2 Å². The van der Waals surface area contributed by atoms with Crippen LogP contribution in [0.3, 0.4) is 0 Å². The van der Waals surface area contributed by atoms with Crippen molar-refractivity contribution in [2.45, 2.75) is 26.7 Å². The zero-order valence-electron chi connectivity index (χ0n) is 13.1. The van der Waals surface area contributed by atoms with Gasteiger partial charge in [0.2, 0.25) is 0 Å². The summed E-state index contributed by atoms with van der Waals surface area (Å²) < 4.78 is 4.74. The van der Waals surface area contributed by atoms with Crippen LogP contribution in [0, 0.1) is 13.8 Å². The Morgan fingerprint density at radius 3 is 2.70 bits per heavy atom. The minimum Gasteiger partial charge on any atom is -0.294 e. The molecule has 3 aromatic rings. The summed E-state index contributed by atoms with van der Waals surface area (Å²) in [5.41, 5.74) is 7.13. The monoisotopic (exact) mass is 307 g/mol. The maximum Gasteiger partial charge on any atom is 0.440 e. The SMILES string of the molecule is Cc1ccc2c(c1C)CCc1ccccc1N2c1noc(=O)[nH]1. The number of hydrogen-bond acceptors (Lipinski definition) is 4. The molecule has 0 saturated heterocycles. The summed E-state index contributed by atoms with van der Waals surface area (Å²) in [5.74, 6) is -0.138. The second kappa shape index (κ2) is 5.12. The van der Waals surface area contributed by atoms with E-state index in [9.17, 15) is 4.79 Å². The first-order valence-corrected chi connectivity index (χ1v) is 7.68. The van der Waals surface area contributed by atoms with Crippen molar-refractivity contribution in [1.82, 2.24) is 10.1 Å². The van der Waals surface area contributed by atoms with Crippen LogP contribution in [0.15, 0.2) is 45.7 Å². The Labute approximate surface area is 133 Å². The van der Waals surface area contributed by atoms with Crippen molar-refractivity contribution >= 4 is 17.3 Å². The number of aromatic amines is 1. The fourth-order valence-corrected chi connectivity index (χ4v) is 3.26. The van der Waals surface area contributed by atoms with Gasteiger partial charge >= 0.3 is 5.76 Å². The number of aromatic nitrogens is 2. The molecule has 23 heavy (non-hydrogen) atoms. The molecule has 0 radical (unpaired) electrons. The number of nitrogens with zero attached hydrogens (tertiary/aromatic N) is 2. The number of aryl methyl sites for hydroxylation is 2. The van der Waals surface area contributed by atoms with E-state index >= 15 is 0 Å². The van der Waals surface area contributed by atoms with E-state index in [2.05, 4.69) is 42.2 Å². The second-order valence-electron chi connectivity index (χ2n) is 5.89. The van der Waals surface area contributed by atoms with Gasteiger partial charge in [0.15, 0.2) is 0 Å². The zero-order chi connectivity index (χ0) is 16.0. The molecular formula is C18H17N3O2. The van der Waals surface area contributed by atoms with E-state index in [0.29, 0.717) is 5.95 Å². The van der Waals surface area contributed by atoms with Gasteiger partial charge in [-0.25, -0.2) is 4.79 Å².